The van der Waals surface area contributed by atoms with Crippen LogP contribution in [0.2, 0.25) is 0 Å². The van der Waals surface area contributed by atoms with Crippen LogP contribution < -0.4 is 20.1 Å². The van der Waals surface area contributed by atoms with Gasteiger partial charge in [-0.2, -0.15) is 0 Å². The van der Waals surface area contributed by atoms with E-state index in [-0.39, 0.29) is 5.91 Å². The van der Waals surface area contributed by atoms with Gasteiger partial charge in [0, 0.05) is 12.6 Å². The second-order valence-corrected chi connectivity index (χ2v) is 5.23. The van der Waals surface area contributed by atoms with Crippen LogP contribution in [0.1, 0.15) is 18.4 Å². The summed E-state index contributed by atoms with van der Waals surface area (Å²) >= 11 is 0. The zero-order valence-electron chi connectivity index (χ0n) is 11.5. The topological polar surface area (TPSA) is 59.6 Å². The summed E-state index contributed by atoms with van der Waals surface area (Å²) in [6.45, 7) is 2.27. The van der Waals surface area contributed by atoms with Crippen molar-refractivity contribution >= 4 is 5.91 Å². The number of fused-ring (bicyclic) bond motifs is 1. The average molecular weight is 276 g/mol. The second kappa shape index (κ2) is 6.13. The Morgan fingerprint density at radius 1 is 1.20 bits per heavy atom. The molecule has 0 bridgehead atoms. The van der Waals surface area contributed by atoms with Gasteiger partial charge >= 0.3 is 0 Å². The van der Waals surface area contributed by atoms with Gasteiger partial charge in [-0.3, -0.25) is 4.79 Å². The number of benzene rings is 1. The minimum atomic E-state index is 0.0643. The fraction of sp³-hybridized carbons (Fsp3) is 0.533. The predicted octanol–water partition coefficient (Wildman–Crippen LogP) is 0.868. The molecule has 5 heteroatoms. The van der Waals surface area contributed by atoms with Crippen LogP contribution in [0.5, 0.6) is 11.5 Å². The molecule has 108 valence electrons. The highest BCUT2D eigenvalue weighted by Gasteiger charge is 2.20. The summed E-state index contributed by atoms with van der Waals surface area (Å²) in [5.74, 6) is 1.67. The van der Waals surface area contributed by atoms with Gasteiger partial charge in [-0.1, -0.05) is 6.07 Å². The van der Waals surface area contributed by atoms with Gasteiger partial charge in [-0.15, -0.1) is 0 Å². The maximum Gasteiger partial charge on any atom is 0.233 e. The maximum absolute atomic E-state index is 11.6. The standard InChI is InChI=1S/C15H20N2O3/c18-15(10-17-12-2-3-12)16-6-5-11-1-4-13-14(9-11)20-8-7-19-13/h1,4,9,12,17H,2-3,5-8,10H2,(H,16,18). The van der Waals surface area contributed by atoms with Crippen LogP contribution in [0.15, 0.2) is 18.2 Å². The van der Waals surface area contributed by atoms with E-state index in [0.29, 0.717) is 32.3 Å². The molecule has 1 aliphatic heterocycles. The molecule has 1 aliphatic carbocycles. The summed E-state index contributed by atoms with van der Waals surface area (Å²) in [6.07, 6.45) is 3.20. The van der Waals surface area contributed by atoms with Gasteiger partial charge in [-0.25, -0.2) is 0 Å². The molecule has 2 aliphatic rings. The van der Waals surface area contributed by atoms with E-state index in [1.807, 2.05) is 18.2 Å². The number of hydrogen-bond donors (Lipinski definition) is 2. The van der Waals surface area contributed by atoms with Crippen molar-refractivity contribution < 1.29 is 14.3 Å². The van der Waals surface area contributed by atoms with Crippen molar-refractivity contribution in [3.63, 3.8) is 0 Å². The Morgan fingerprint density at radius 3 is 2.80 bits per heavy atom. The van der Waals surface area contributed by atoms with Crippen LogP contribution in [0.4, 0.5) is 0 Å². The highest BCUT2D eigenvalue weighted by Crippen LogP contribution is 2.30. The summed E-state index contributed by atoms with van der Waals surface area (Å²) in [4.78, 5) is 11.6. The van der Waals surface area contributed by atoms with Crippen molar-refractivity contribution in [1.29, 1.82) is 0 Å². The zero-order valence-corrected chi connectivity index (χ0v) is 11.5. The van der Waals surface area contributed by atoms with E-state index in [0.717, 1.165) is 23.5 Å². The number of ether oxygens (including phenoxy) is 2. The van der Waals surface area contributed by atoms with Gasteiger partial charge in [-0.05, 0) is 37.0 Å². The van der Waals surface area contributed by atoms with Gasteiger partial charge in [0.15, 0.2) is 11.5 Å². The summed E-state index contributed by atoms with van der Waals surface area (Å²) in [5.41, 5.74) is 1.14. The number of hydrogen-bond acceptors (Lipinski definition) is 4. The van der Waals surface area contributed by atoms with E-state index in [1.165, 1.54) is 12.8 Å². The molecular weight excluding hydrogens is 256 g/mol. The Kier molecular flexibility index (Phi) is 4.06. The van der Waals surface area contributed by atoms with Gasteiger partial charge in [0.05, 0.1) is 6.54 Å². The molecule has 0 unspecified atom stereocenters. The summed E-state index contributed by atoms with van der Waals surface area (Å²) in [7, 11) is 0. The van der Waals surface area contributed by atoms with E-state index in [1.54, 1.807) is 0 Å². The molecule has 1 aromatic rings. The fourth-order valence-electron chi connectivity index (χ4n) is 2.18. The quantitative estimate of drug-likeness (QED) is 0.809. The number of carbonyl (C=O) groups excluding carboxylic acids is 1. The van der Waals surface area contributed by atoms with Crippen LogP contribution in [-0.2, 0) is 11.2 Å². The molecule has 1 amide bonds. The maximum atomic E-state index is 11.6. The lowest BCUT2D eigenvalue weighted by atomic mass is 10.1. The summed E-state index contributed by atoms with van der Waals surface area (Å²) in [6, 6.07) is 6.50. The van der Waals surface area contributed by atoms with E-state index in [4.69, 9.17) is 9.47 Å². The second-order valence-electron chi connectivity index (χ2n) is 5.23. The molecular formula is C15H20N2O3. The van der Waals surface area contributed by atoms with Crippen LogP contribution >= 0.6 is 0 Å². The Labute approximate surface area is 118 Å². The normalized spacial score (nSPS) is 16.8. The molecule has 0 atom stereocenters. The van der Waals surface area contributed by atoms with Gasteiger partial charge in [0.25, 0.3) is 0 Å². The molecule has 1 heterocycles. The Morgan fingerprint density at radius 2 is 2.00 bits per heavy atom. The summed E-state index contributed by atoms with van der Waals surface area (Å²) < 4.78 is 11.0. The predicted molar refractivity (Wildman–Crippen MR) is 75.2 cm³/mol. The smallest absolute Gasteiger partial charge is 0.233 e. The lowest BCUT2D eigenvalue weighted by Gasteiger charge is -2.18. The van der Waals surface area contributed by atoms with Crippen molar-refractivity contribution in [2.75, 3.05) is 26.3 Å². The van der Waals surface area contributed by atoms with E-state index in [2.05, 4.69) is 10.6 Å². The molecule has 0 radical (unpaired) electrons. The van der Waals surface area contributed by atoms with Crippen molar-refractivity contribution in [3.05, 3.63) is 23.8 Å². The molecule has 1 fully saturated rings. The fourth-order valence-corrected chi connectivity index (χ4v) is 2.18. The van der Waals surface area contributed by atoms with Gasteiger partial charge < -0.3 is 20.1 Å². The van der Waals surface area contributed by atoms with Crippen LogP contribution in [-0.4, -0.2) is 38.3 Å². The highest BCUT2D eigenvalue weighted by molar-refractivity contribution is 5.78. The zero-order chi connectivity index (χ0) is 13.8. The third kappa shape index (κ3) is 3.63. The largest absolute Gasteiger partial charge is 0.486 e. The van der Waals surface area contributed by atoms with Crippen molar-refractivity contribution in [3.8, 4) is 11.5 Å². The van der Waals surface area contributed by atoms with Crippen LogP contribution in [0, 0.1) is 0 Å². The molecule has 0 spiro atoms. The molecule has 1 aromatic carbocycles. The Bertz CT molecular complexity index is 486. The first-order chi connectivity index (χ1) is 9.81. The van der Waals surface area contributed by atoms with E-state index >= 15 is 0 Å². The first-order valence-electron chi connectivity index (χ1n) is 7.20. The minimum Gasteiger partial charge on any atom is -0.486 e. The minimum absolute atomic E-state index is 0.0643. The molecule has 5 nitrogen and oxygen atoms in total. The SMILES string of the molecule is O=C(CNC1CC1)NCCc1ccc2c(c1)OCCO2. The Hall–Kier alpha value is -1.75. The van der Waals surface area contributed by atoms with Gasteiger partial charge in [0.2, 0.25) is 5.91 Å². The first-order valence-corrected chi connectivity index (χ1v) is 7.20. The lowest BCUT2D eigenvalue weighted by molar-refractivity contribution is -0.120. The van der Waals surface area contributed by atoms with Gasteiger partial charge in [0.1, 0.15) is 13.2 Å². The number of rotatable bonds is 6. The van der Waals surface area contributed by atoms with Crippen molar-refractivity contribution in [2.24, 2.45) is 0 Å². The van der Waals surface area contributed by atoms with Crippen molar-refractivity contribution in [2.45, 2.75) is 25.3 Å². The molecule has 0 saturated heterocycles. The van der Waals surface area contributed by atoms with E-state index < -0.39 is 0 Å². The number of carbonyl (C=O) groups is 1. The molecule has 1 saturated carbocycles. The van der Waals surface area contributed by atoms with Crippen LogP contribution in [0.3, 0.4) is 0 Å². The molecule has 20 heavy (non-hydrogen) atoms. The highest BCUT2D eigenvalue weighted by atomic mass is 16.6. The van der Waals surface area contributed by atoms with Crippen molar-refractivity contribution in [1.82, 2.24) is 10.6 Å². The number of nitrogens with one attached hydrogen (secondary N) is 2. The summed E-state index contributed by atoms with van der Waals surface area (Å²) in [5, 5.41) is 6.12. The first kappa shape index (κ1) is 13.2. The Balaban J connectivity index is 1.42. The molecule has 2 N–H and O–H groups in total. The lowest BCUT2D eigenvalue weighted by Crippen LogP contribution is -2.35. The molecule has 3 rings (SSSR count). The van der Waals surface area contributed by atoms with Crippen LogP contribution in [0.25, 0.3) is 0 Å². The van der Waals surface area contributed by atoms with E-state index in [9.17, 15) is 4.79 Å². The monoisotopic (exact) mass is 276 g/mol. The molecule has 0 aromatic heterocycles. The third-order valence-corrected chi connectivity index (χ3v) is 3.47. The number of amides is 1. The third-order valence-electron chi connectivity index (χ3n) is 3.47. The average Bonchev–Trinajstić information content (AvgIpc) is 3.29.